The number of benzene rings is 1. The molecule has 0 saturated carbocycles. The lowest BCUT2D eigenvalue weighted by molar-refractivity contribution is 0.764. The van der Waals surface area contributed by atoms with Crippen molar-refractivity contribution in [2.24, 2.45) is 0 Å². The minimum atomic E-state index is -0.110. The number of aromatic nitrogens is 4. The lowest BCUT2D eigenvalue weighted by Gasteiger charge is -2.08. The lowest BCUT2D eigenvalue weighted by Crippen LogP contribution is -2.19. The van der Waals surface area contributed by atoms with Crippen molar-refractivity contribution in [3.63, 3.8) is 0 Å². The molecule has 0 unspecified atom stereocenters. The normalized spacial score (nSPS) is 11.4. The Balaban J connectivity index is 2.67. The van der Waals surface area contributed by atoms with Gasteiger partial charge in [-0.15, -0.1) is 5.10 Å². The highest BCUT2D eigenvalue weighted by molar-refractivity contribution is 5.79. The van der Waals surface area contributed by atoms with E-state index in [4.69, 9.17) is 0 Å². The van der Waals surface area contributed by atoms with E-state index in [9.17, 15) is 4.79 Å². The molecule has 3 rings (SSSR count). The van der Waals surface area contributed by atoms with Gasteiger partial charge in [0.2, 0.25) is 5.78 Å². The molecule has 1 aromatic carbocycles. The summed E-state index contributed by atoms with van der Waals surface area (Å²) in [5.74, 6) is 1.22. The second-order valence-electron chi connectivity index (χ2n) is 3.94. The molecule has 0 fully saturated rings. The molecule has 3 aromatic rings. The maximum absolute atomic E-state index is 12.2. The Bertz CT molecular complexity index is 769. The summed E-state index contributed by atoms with van der Waals surface area (Å²) in [7, 11) is 0. The van der Waals surface area contributed by atoms with Crippen molar-refractivity contribution < 1.29 is 0 Å². The van der Waals surface area contributed by atoms with Crippen molar-refractivity contribution >= 4 is 16.7 Å². The van der Waals surface area contributed by atoms with Crippen molar-refractivity contribution in [2.45, 2.75) is 20.4 Å². The van der Waals surface area contributed by atoms with Gasteiger partial charge in [0, 0.05) is 6.54 Å². The summed E-state index contributed by atoms with van der Waals surface area (Å²) in [4.78, 5) is 16.5. The minimum absolute atomic E-state index is 0.110. The average Bonchev–Trinajstić information content (AvgIpc) is 2.72. The van der Waals surface area contributed by atoms with Crippen LogP contribution in [0, 0.1) is 6.92 Å². The zero-order chi connectivity index (χ0) is 12.0. The van der Waals surface area contributed by atoms with Crippen molar-refractivity contribution in [1.82, 2.24) is 19.2 Å². The number of fused-ring (bicyclic) bond motifs is 2. The summed E-state index contributed by atoms with van der Waals surface area (Å²) in [5, 5.41) is 4.82. The van der Waals surface area contributed by atoms with E-state index in [1.165, 1.54) is 4.52 Å². The van der Waals surface area contributed by atoms with E-state index in [1.807, 2.05) is 35.8 Å². The van der Waals surface area contributed by atoms with Gasteiger partial charge in [0.15, 0.2) is 0 Å². The van der Waals surface area contributed by atoms with Gasteiger partial charge in [0.1, 0.15) is 5.82 Å². The maximum atomic E-state index is 12.2. The Hall–Kier alpha value is -2.17. The van der Waals surface area contributed by atoms with Gasteiger partial charge in [0.25, 0.3) is 5.56 Å². The summed E-state index contributed by atoms with van der Waals surface area (Å²) < 4.78 is 3.37. The third-order valence-corrected chi connectivity index (χ3v) is 2.87. The SMILES string of the molecule is CCn1c2ccccc2c(=O)n2nc(C)nc12. The van der Waals surface area contributed by atoms with Crippen LogP contribution in [-0.2, 0) is 6.54 Å². The molecular weight excluding hydrogens is 216 g/mol. The third-order valence-electron chi connectivity index (χ3n) is 2.87. The predicted octanol–water partition coefficient (Wildman–Crippen LogP) is 1.37. The number of aryl methyl sites for hydroxylation is 2. The quantitative estimate of drug-likeness (QED) is 0.632. The number of hydrogen-bond acceptors (Lipinski definition) is 3. The van der Waals surface area contributed by atoms with E-state index >= 15 is 0 Å². The van der Waals surface area contributed by atoms with Crippen molar-refractivity contribution in [1.29, 1.82) is 0 Å². The van der Waals surface area contributed by atoms with Crippen molar-refractivity contribution in [2.75, 3.05) is 0 Å². The van der Waals surface area contributed by atoms with Crippen LogP contribution in [0.1, 0.15) is 12.7 Å². The summed E-state index contributed by atoms with van der Waals surface area (Å²) in [5.41, 5.74) is 0.792. The highest BCUT2D eigenvalue weighted by atomic mass is 16.1. The van der Waals surface area contributed by atoms with Crippen LogP contribution in [0.15, 0.2) is 29.1 Å². The van der Waals surface area contributed by atoms with Gasteiger partial charge >= 0.3 is 0 Å². The molecule has 0 aliphatic heterocycles. The predicted molar refractivity (Wildman–Crippen MR) is 65.2 cm³/mol. The first-order valence-electron chi connectivity index (χ1n) is 5.57. The van der Waals surface area contributed by atoms with E-state index in [2.05, 4.69) is 10.1 Å². The molecule has 0 saturated heterocycles. The first-order valence-corrected chi connectivity index (χ1v) is 5.57. The minimum Gasteiger partial charge on any atom is -0.310 e. The number of nitrogens with zero attached hydrogens (tertiary/aromatic N) is 4. The fourth-order valence-electron chi connectivity index (χ4n) is 2.14. The lowest BCUT2D eigenvalue weighted by atomic mass is 10.2. The fourth-order valence-corrected chi connectivity index (χ4v) is 2.14. The molecule has 0 N–H and O–H groups in total. The van der Waals surface area contributed by atoms with Gasteiger partial charge in [-0.25, -0.2) is 0 Å². The summed E-state index contributed by atoms with van der Waals surface area (Å²) in [6.45, 7) is 4.57. The fraction of sp³-hybridized carbons (Fsp3) is 0.250. The largest absolute Gasteiger partial charge is 0.310 e. The molecule has 17 heavy (non-hydrogen) atoms. The molecular formula is C12H12N4O. The van der Waals surface area contributed by atoms with Crippen LogP contribution < -0.4 is 5.56 Å². The van der Waals surface area contributed by atoms with Crippen LogP contribution in [0.2, 0.25) is 0 Å². The Morgan fingerprint density at radius 3 is 2.82 bits per heavy atom. The summed E-state index contributed by atoms with van der Waals surface area (Å²) in [6, 6.07) is 7.54. The monoisotopic (exact) mass is 228 g/mol. The van der Waals surface area contributed by atoms with E-state index in [0.29, 0.717) is 17.0 Å². The van der Waals surface area contributed by atoms with E-state index < -0.39 is 0 Å². The Kier molecular flexibility index (Phi) is 2.01. The maximum Gasteiger partial charge on any atom is 0.283 e. The molecule has 0 aliphatic carbocycles. The van der Waals surface area contributed by atoms with Crippen LogP contribution in [0.25, 0.3) is 16.7 Å². The third kappa shape index (κ3) is 1.28. The van der Waals surface area contributed by atoms with Crippen LogP contribution in [0.3, 0.4) is 0 Å². The molecule has 0 aliphatic rings. The number of rotatable bonds is 1. The first kappa shape index (κ1) is 10.0. The van der Waals surface area contributed by atoms with E-state index in [0.717, 1.165) is 12.1 Å². The summed E-state index contributed by atoms with van der Waals surface area (Å²) >= 11 is 0. The standard InChI is InChI=1S/C12H12N4O/c1-3-15-10-7-5-4-6-9(10)11(17)16-12(15)13-8(2)14-16/h4-7H,3H2,1-2H3. The van der Waals surface area contributed by atoms with Crippen LogP contribution in [0.4, 0.5) is 0 Å². The van der Waals surface area contributed by atoms with Gasteiger partial charge in [-0.05, 0) is 26.0 Å². The molecule has 2 heterocycles. The summed E-state index contributed by atoms with van der Waals surface area (Å²) in [6.07, 6.45) is 0. The Morgan fingerprint density at radius 2 is 2.06 bits per heavy atom. The van der Waals surface area contributed by atoms with Crippen LogP contribution >= 0.6 is 0 Å². The van der Waals surface area contributed by atoms with Gasteiger partial charge in [-0.1, -0.05) is 12.1 Å². The van der Waals surface area contributed by atoms with E-state index in [1.54, 1.807) is 6.92 Å². The zero-order valence-corrected chi connectivity index (χ0v) is 9.71. The van der Waals surface area contributed by atoms with E-state index in [-0.39, 0.29) is 5.56 Å². The smallest absolute Gasteiger partial charge is 0.283 e. The molecule has 0 atom stereocenters. The molecule has 5 heteroatoms. The van der Waals surface area contributed by atoms with Gasteiger partial charge in [-0.3, -0.25) is 4.79 Å². The van der Waals surface area contributed by atoms with Crippen LogP contribution in [-0.4, -0.2) is 19.2 Å². The highest BCUT2D eigenvalue weighted by Crippen LogP contribution is 2.12. The van der Waals surface area contributed by atoms with Gasteiger partial charge < -0.3 is 4.57 Å². The molecule has 2 aromatic heterocycles. The zero-order valence-electron chi connectivity index (χ0n) is 9.71. The van der Waals surface area contributed by atoms with Gasteiger partial charge in [-0.2, -0.15) is 9.50 Å². The number of hydrogen-bond donors (Lipinski definition) is 0. The highest BCUT2D eigenvalue weighted by Gasteiger charge is 2.11. The molecule has 86 valence electrons. The Morgan fingerprint density at radius 1 is 1.29 bits per heavy atom. The van der Waals surface area contributed by atoms with Gasteiger partial charge in [0.05, 0.1) is 10.9 Å². The second-order valence-corrected chi connectivity index (χ2v) is 3.94. The van der Waals surface area contributed by atoms with Crippen molar-refractivity contribution in [3.8, 4) is 0 Å². The topological polar surface area (TPSA) is 52.2 Å². The molecule has 0 radical (unpaired) electrons. The van der Waals surface area contributed by atoms with Crippen molar-refractivity contribution in [3.05, 3.63) is 40.4 Å². The molecule has 0 amide bonds. The Labute approximate surface area is 97.3 Å². The molecule has 0 spiro atoms. The second kappa shape index (κ2) is 3.41. The molecule has 0 bridgehead atoms. The first-order chi connectivity index (χ1) is 8.22. The molecule has 5 nitrogen and oxygen atoms in total. The van der Waals surface area contributed by atoms with Crippen LogP contribution in [0.5, 0.6) is 0 Å². The average molecular weight is 228 g/mol. The number of para-hydroxylation sites is 1.